The van der Waals surface area contributed by atoms with Crippen molar-refractivity contribution in [3.05, 3.63) is 45.1 Å². The van der Waals surface area contributed by atoms with Crippen LogP contribution in [-0.4, -0.2) is 41.1 Å². The summed E-state index contributed by atoms with van der Waals surface area (Å²) in [5.74, 6) is 0.365. The number of hydrogen-bond donors (Lipinski definition) is 3. The summed E-state index contributed by atoms with van der Waals surface area (Å²) in [5.41, 5.74) is 4.81. The van der Waals surface area contributed by atoms with Gasteiger partial charge in [0, 0.05) is 0 Å². The largest absolute Gasteiger partial charge is 0.381 e. The first-order valence-electron chi connectivity index (χ1n) is 9.35. The number of aromatic amines is 2. The summed E-state index contributed by atoms with van der Waals surface area (Å²) in [6, 6.07) is 5.82. The second-order valence-electron chi connectivity index (χ2n) is 6.98. The number of nitrogens with zero attached hydrogens (tertiary/aromatic N) is 1. The Labute approximate surface area is 167 Å². The van der Waals surface area contributed by atoms with Crippen LogP contribution in [0.1, 0.15) is 11.1 Å². The van der Waals surface area contributed by atoms with Crippen LogP contribution in [0.15, 0.2) is 28.4 Å². The molecule has 0 fully saturated rings. The number of imidazole rings is 1. The van der Waals surface area contributed by atoms with Gasteiger partial charge in [-0.05, 0) is 47.5 Å². The number of benzene rings is 1. The first-order chi connectivity index (χ1) is 14.1. The average molecular weight is 416 g/mol. The van der Waals surface area contributed by atoms with Crippen molar-refractivity contribution in [2.45, 2.75) is 19.3 Å². The number of alkyl halides is 2. The molecule has 150 valence electrons. The first-order valence-corrected chi connectivity index (χ1v) is 10.2. The molecule has 0 atom stereocenters. The Hall–Kier alpha value is -2.78. The van der Waals surface area contributed by atoms with E-state index >= 15 is 0 Å². The maximum atomic E-state index is 12.9. The van der Waals surface area contributed by atoms with E-state index in [2.05, 4.69) is 20.3 Å². The average Bonchev–Trinajstić information content (AvgIpc) is 3.24. The molecule has 0 saturated heterocycles. The van der Waals surface area contributed by atoms with Crippen LogP contribution in [0.5, 0.6) is 0 Å². The summed E-state index contributed by atoms with van der Waals surface area (Å²) >= 11 is 1.38. The lowest BCUT2D eigenvalue weighted by atomic mass is 10.0. The Morgan fingerprint density at radius 2 is 1.97 bits per heavy atom. The molecule has 0 bridgehead atoms. The maximum Gasteiger partial charge on any atom is 0.261 e. The van der Waals surface area contributed by atoms with Crippen LogP contribution in [0.2, 0.25) is 0 Å². The van der Waals surface area contributed by atoms with Crippen molar-refractivity contribution < 1.29 is 13.5 Å². The van der Waals surface area contributed by atoms with Gasteiger partial charge in [-0.25, -0.2) is 13.8 Å². The van der Waals surface area contributed by atoms with E-state index in [1.807, 2.05) is 17.5 Å². The van der Waals surface area contributed by atoms with Gasteiger partial charge >= 0.3 is 0 Å². The molecule has 4 aromatic rings. The topological polar surface area (TPSA) is 82.8 Å². The van der Waals surface area contributed by atoms with Gasteiger partial charge in [-0.2, -0.15) is 0 Å². The number of ether oxygens (including phenoxy) is 1. The highest BCUT2D eigenvalue weighted by Crippen LogP contribution is 2.34. The lowest BCUT2D eigenvalue weighted by Crippen LogP contribution is -2.17. The summed E-state index contributed by atoms with van der Waals surface area (Å²) in [7, 11) is 0. The van der Waals surface area contributed by atoms with Crippen LogP contribution >= 0.6 is 11.3 Å². The zero-order valence-corrected chi connectivity index (χ0v) is 16.2. The van der Waals surface area contributed by atoms with Crippen molar-refractivity contribution in [3.8, 4) is 11.4 Å². The summed E-state index contributed by atoms with van der Waals surface area (Å²) in [6.07, 6.45) is -0.899. The molecular weight excluding hydrogens is 398 g/mol. The third kappa shape index (κ3) is 3.30. The highest BCUT2D eigenvalue weighted by atomic mass is 32.1. The third-order valence-corrected chi connectivity index (χ3v) is 6.05. The molecule has 0 aliphatic carbocycles. The van der Waals surface area contributed by atoms with E-state index in [1.54, 1.807) is 6.07 Å². The molecule has 0 amide bonds. The molecule has 0 unspecified atom stereocenters. The summed E-state index contributed by atoms with van der Waals surface area (Å²) < 4.78 is 32.0. The van der Waals surface area contributed by atoms with Crippen molar-refractivity contribution in [3.63, 3.8) is 0 Å². The zero-order valence-electron chi connectivity index (χ0n) is 15.4. The highest BCUT2D eigenvalue weighted by molar-refractivity contribution is 7.17. The fourth-order valence-electron chi connectivity index (χ4n) is 3.78. The second-order valence-corrected chi connectivity index (χ2v) is 7.89. The van der Waals surface area contributed by atoms with Gasteiger partial charge in [0.15, 0.2) is 0 Å². The Morgan fingerprint density at radius 1 is 1.17 bits per heavy atom. The second kappa shape index (κ2) is 7.23. The predicted octanol–water partition coefficient (Wildman–Crippen LogP) is 3.93. The monoisotopic (exact) mass is 416 g/mol. The third-order valence-electron chi connectivity index (χ3n) is 5.12. The maximum absolute atomic E-state index is 12.9. The molecule has 9 heteroatoms. The van der Waals surface area contributed by atoms with Crippen LogP contribution in [0.25, 0.3) is 32.6 Å². The van der Waals surface area contributed by atoms with Crippen LogP contribution in [0.4, 0.5) is 14.5 Å². The molecule has 0 radical (unpaired) electrons. The van der Waals surface area contributed by atoms with Gasteiger partial charge < -0.3 is 20.0 Å². The Kier molecular flexibility index (Phi) is 4.56. The van der Waals surface area contributed by atoms with Gasteiger partial charge in [0.25, 0.3) is 12.0 Å². The standard InChI is InChI=1S/C20H18F2N4O2S/c21-15(22)9-23-17-16(20(27)26-12-3-6-29-18(12)17)19-24-13-7-10-1-4-28-5-2-11(10)8-14(13)25-19/h3,6-8,15H,1-2,4-5,9H2,(H,24,25)(H2,23,26,27). The lowest BCUT2D eigenvalue weighted by molar-refractivity contribution is 0.146. The Balaban J connectivity index is 1.68. The first kappa shape index (κ1) is 18.3. The van der Waals surface area contributed by atoms with E-state index in [0.717, 1.165) is 23.9 Å². The molecule has 0 spiro atoms. The number of anilines is 1. The molecule has 1 aliphatic heterocycles. The van der Waals surface area contributed by atoms with Gasteiger partial charge in [0.05, 0.1) is 46.7 Å². The van der Waals surface area contributed by atoms with E-state index in [4.69, 9.17) is 4.74 Å². The van der Waals surface area contributed by atoms with Gasteiger partial charge in [-0.15, -0.1) is 11.3 Å². The molecule has 4 heterocycles. The van der Waals surface area contributed by atoms with Gasteiger partial charge in [0.1, 0.15) is 11.4 Å². The van der Waals surface area contributed by atoms with Crippen molar-refractivity contribution in [1.82, 2.24) is 15.0 Å². The number of nitrogens with one attached hydrogen (secondary N) is 3. The number of fused-ring (bicyclic) bond motifs is 3. The number of aromatic nitrogens is 3. The Morgan fingerprint density at radius 3 is 2.76 bits per heavy atom. The zero-order chi connectivity index (χ0) is 20.0. The predicted molar refractivity (Wildman–Crippen MR) is 110 cm³/mol. The number of halogens is 2. The van der Waals surface area contributed by atoms with E-state index < -0.39 is 13.0 Å². The quantitative estimate of drug-likeness (QED) is 0.471. The van der Waals surface area contributed by atoms with Crippen LogP contribution in [0.3, 0.4) is 0 Å². The van der Waals surface area contributed by atoms with E-state index in [-0.39, 0.29) is 11.1 Å². The highest BCUT2D eigenvalue weighted by Gasteiger charge is 2.20. The van der Waals surface area contributed by atoms with Crippen molar-refractivity contribution in [2.24, 2.45) is 0 Å². The molecule has 5 rings (SSSR count). The minimum Gasteiger partial charge on any atom is -0.381 e. The van der Waals surface area contributed by atoms with Crippen molar-refractivity contribution in [1.29, 1.82) is 0 Å². The summed E-state index contributed by atoms with van der Waals surface area (Å²) in [5, 5.41) is 4.57. The van der Waals surface area contributed by atoms with Gasteiger partial charge in [-0.1, -0.05) is 0 Å². The molecule has 3 aromatic heterocycles. The van der Waals surface area contributed by atoms with Crippen LogP contribution in [0, 0.1) is 0 Å². The van der Waals surface area contributed by atoms with Crippen LogP contribution < -0.4 is 10.9 Å². The molecule has 1 aliphatic rings. The number of thiophene rings is 1. The molecule has 29 heavy (non-hydrogen) atoms. The van der Waals surface area contributed by atoms with Gasteiger partial charge in [0.2, 0.25) is 0 Å². The number of pyridine rings is 1. The lowest BCUT2D eigenvalue weighted by Gasteiger charge is -2.11. The smallest absolute Gasteiger partial charge is 0.261 e. The molecule has 3 N–H and O–H groups in total. The van der Waals surface area contributed by atoms with Gasteiger partial charge in [-0.3, -0.25) is 4.79 Å². The Bertz CT molecular complexity index is 1220. The van der Waals surface area contributed by atoms with Crippen LogP contribution in [-0.2, 0) is 17.6 Å². The molecular formula is C20H18F2N4O2S. The van der Waals surface area contributed by atoms with E-state index in [0.29, 0.717) is 34.9 Å². The van der Waals surface area contributed by atoms with E-state index in [1.165, 1.54) is 22.5 Å². The molecule has 1 aromatic carbocycles. The fourth-order valence-corrected chi connectivity index (χ4v) is 4.66. The van der Waals surface area contributed by atoms with E-state index in [9.17, 15) is 13.6 Å². The molecule has 0 saturated carbocycles. The fraction of sp³-hybridized carbons (Fsp3) is 0.300. The number of rotatable bonds is 4. The SMILES string of the molecule is O=c1[nH]c2ccsc2c(NCC(F)F)c1-c1nc2cc3c(cc2[nH]1)CCOCC3. The van der Waals surface area contributed by atoms with Crippen molar-refractivity contribution in [2.75, 3.05) is 25.1 Å². The minimum atomic E-state index is -2.54. The summed E-state index contributed by atoms with van der Waals surface area (Å²) in [6.45, 7) is 0.806. The summed E-state index contributed by atoms with van der Waals surface area (Å²) in [4.78, 5) is 23.5. The number of H-pyrrole nitrogens is 2. The van der Waals surface area contributed by atoms with Crippen molar-refractivity contribution >= 4 is 38.3 Å². The molecule has 6 nitrogen and oxygen atoms in total. The minimum absolute atomic E-state index is 0.246. The normalized spacial score (nSPS) is 14.4. The number of hydrogen-bond acceptors (Lipinski definition) is 5.